The van der Waals surface area contributed by atoms with Crippen molar-refractivity contribution in [2.75, 3.05) is 6.61 Å². The first-order chi connectivity index (χ1) is 12.0. The number of esters is 1. The molecule has 1 aromatic carbocycles. The van der Waals surface area contributed by atoms with Crippen molar-refractivity contribution < 1.29 is 14.3 Å². The fraction of sp³-hybridized carbons (Fsp3) is 0.188. The quantitative estimate of drug-likeness (QED) is 0.335. The Morgan fingerprint density at radius 3 is 2.76 bits per heavy atom. The number of ether oxygens (including phenoxy) is 1. The smallest absolute Gasteiger partial charge is 0.311 e. The van der Waals surface area contributed by atoms with Crippen molar-refractivity contribution in [3.05, 3.63) is 44.0 Å². The lowest BCUT2D eigenvalue weighted by molar-refractivity contribution is -0.142. The number of thiazole rings is 1. The SMILES string of the molecule is CCOC(=O)Cc1cn2c(C=O)c(-c3ccc(Cl)c(Cl)c3Cl)nc2s1. The predicted octanol–water partition coefficient (Wildman–Crippen LogP) is 4.94. The molecule has 0 spiro atoms. The molecule has 0 saturated heterocycles. The summed E-state index contributed by atoms with van der Waals surface area (Å²) in [5.74, 6) is -0.326. The maximum absolute atomic E-state index is 11.6. The second-order valence-corrected chi connectivity index (χ2v) is 7.28. The van der Waals surface area contributed by atoms with Crippen LogP contribution in [0.4, 0.5) is 0 Å². The summed E-state index contributed by atoms with van der Waals surface area (Å²) >= 11 is 19.6. The molecule has 0 amide bonds. The fourth-order valence-electron chi connectivity index (χ4n) is 2.36. The molecule has 0 atom stereocenters. The van der Waals surface area contributed by atoms with Crippen molar-refractivity contribution >= 4 is 63.4 Å². The Hall–Kier alpha value is -1.60. The Balaban J connectivity index is 2.07. The number of hydrogen-bond donors (Lipinski definition) is 0. The van der Waals surface area contributed by atoms with Gasteiger partial charge in [0.2, 0.25) is 0 Å². The first-order valence-electron chi connectivity index (χ1n) is 7.21. The maximum atomic E-state index is 11.6. The highest BCUT2D eigenvalue weighted by Gasteiger charge is 2.20. The molecule has 0 N–H and O–H groups in total. The number of rotatable bonds is 5. The largest absolute Gasteiger partial charge is 0.466 e. The molecule has 0 saturated carbocycles. The number of carbonyl (C=O) groups is 2. The van der Waals surface area contributed by atoms with Gasteiger partial charge in [-0.2, -0.15) is 0 Å². The number of halogens is 3. The lowest BCUT2D eigenvalue weighted by Crippen LogP contribution is -2.06. The van der Waals surface area contributed by atoms with Crippen molar-refractivity contribution in [2.24, 2.45) is 0 Å². The standard InChI is InChI=1S/C16H11Cl3N2O3S/c1-2-24-12(23)5-8-6-21-11(7-22)15(20-16(21)25-8)9-3-4-10(17)14(19)13(9)18/h3-4,6-7H,2,5H2,1H3. The normalized spacial score (nSPS) is 11.0. The summed E-state index contributed by atoms with van der Waals surface area (Å²) in [6.07, 6.45) is 2.51. The summed E-state index contributed by atoms with van der Waals surface area (Å²) in [6, 6.07) is 3.26. The van der Waals surface area contributed by atoms with Gasteiger partial charge in [-0.05, 0) is 19.1 Å². The van der Waals surface area contributed by atoms with Crippen molar-refractivity contribution in [3.63, 3.8) is 0 Å². The van der Waals surface area contributed by atoms with Crippen LogP contribution in [0, 0.1) is 0 Å². The van der Waals surface area contributed by atoms with Gasteiger partial charge >= 0.3 is 5.97 Å². The van der Waals surface area contributed by atoms with Crippen molar-refractivity contribution in [1.29, 1.82) is 0 Å². The van der Waals surface area contributed by atoms with Crippen LogP contribution in [0.25, 0.3) is 16.2 Å². The van der Waals surface area contributed by atoms with Crippen LogP contribution in [0.1, 0.15) is 22.3 Å². The molecule has 5 nitrogen and oxygen atoms in total. The van der Waals surface area contributed by atoms with Gasteiger partial charge in [0.25, 0.3) is 0 Å². The molecule has 0 aliphatic rings. The van der Waals surface area contributed by atoms with E-state index in [0.29, 0.717) is 39.8 Å². The van der Waals surface area contributed by atoms with Crippen LogP contribution in [-0.4, -0.2) is 28.2 Å². The second kappa shape index (κ2) is 7.33. The lowest BCUT2D eigenvalue weighted by atomic mass is 10.1. The van der Waals surface area contributed by atoms with E-state index in [1.165, 1.54) is 11.3 Å². The average molecular weight is 418 g/mol. The number of imidazole rings is 1. The molecule has 0 aliphatic heterocycles. The number of fused-ring (bicyclic) bond motifs is 1. The van der Waals surface area contributed by atoms with Crippen LogP contribution < -0.4 is 0 Å². The van der Waals surface area contributed by atoms with Crippen LogP contribution >= 0.6 is 46.1 Å². The predicted molar refractivity (Wildman–Crippen MR) is 99.3 cm³/mol. The molecule has 0 radical (unpaired) electrons. The lowest BCUT2D eigenvalue weighted by Gasteiger charge is -2.05. The summed E-state index contributed by atoms with van der Waals surface area (Å²) in [5, 5.41) is 0.757. The molecule has 9 heteroatoms. The van der Waals surface area contributed by atoms with E-state index in [0.717, 1.165) is 4.88 Å². The van der Waals surface area contributed by atoms with E-state index in [9.17, 15) is 9.59 Å². The molecule has 2 aromatic heterocycles. The fourth-order valence-corrected chi connectivity index (χ4v) is 3.96. The topological polar surface area (TPSA) is 60.7 Å². The van der Waals surface area contributed by atoms with E-state index in [-0.39, 0.29) is 22.4 Å². The molecule has 0 bridgehead atoms. The summed E-state index contributed by atoms with van der Waals surface area (Å²) < 4.78 is 6.56. The van der Waals surface area contributed by atoms with Gasteiger partial charge < -0.3 is 4.74 Å². The third-order valence-electron chi connectivity index (χ3n) is 3.44. The van der Waals surface area contributed by atoms with Gasteiger partial charge in [-0.15, -0.1) is 11.3 Å². The second-order valence-electron chi connectivity index (χ2n) is 5.02. The van der Waals surface area contributed by atoms with Crippen molar-refractivity contribution in [2.45, 2.75) is 13.3 Å². The number of aldehydes is 1. The zero-order valence-electron chi connectivity index (χ0n) is 12.9. The molecular formula is C16H11Cl3N2O3S. The third-order valence-corrected chi connectivity index (χ3v) is 5.71. The van der Waals surface area contributed by atoms with Gasteiger partial charge in [-0.25, -0.2) is 4.98 Å². The summed E-state index contributed by atoms with van der Waals surface area (Å²) in [5.41, 5.74) is 1.25. The Morgan fingerprint density at radius 1 is 1.32 bits per heavy atom. The minimum atomic E-state index is -0.326. The molecular weight excluding hydrogens is 407 g/mol. The molecule has 130 valence electrons. The molecule has 3 aromatic rings. The van der Waals surface area contributed by atoms with Gasteiger partial charge in [0.15, 0.2) is 11.2 Å². The summed E-state index contributed by atoms with van der Waals surface area (Å²) in [6.45, 7) is 2.07. The van der Waals surface area contributed by atoms with E-state index < -0.39 is 0 Å². The van der Waals surface area contributed by atoms with Crippen LogP contribution in [0.5, 0.6) is 0 Å². The number of aromatic nitrogens is 2. The minimum absolute atomic E-state index is 0.128. The van der Waals surface area contributed by atoms with Crippen LogP contribution in [0.15, 0.2) is 18.3 Å². The van der Waals surface area contributed by atoms with Crippen molar-refractivity contribution in [3.8, 4) is 11.3 Å². The van der Waals surface area contributed by atoms with E-state index >= 15 is 0 Å². The average Bonchev–Trinajstić information content (AvgIpc) is 3.09. The first kappa shape index (κ1) is 18.2. The van der Waals surface area contributed by atoms with Crippen LogP contribution in [-0.2, 0) is 16.0 Å². The highest BCUT2D eigenvalue weighted by Crippen LogP contribution is 2.39. The summed E-state index contributed by atoms with van der Waals surface area (Å²) in [4.78, 5) is 29.0. The van der Waals surface area contributed by atoms with Crippen molar-refractivity contribution in [1.82, 2.24) is 9.38 Å². The van der Waals surface area contributed by atoms with Gasteiger partial charge in [0, 0.05) is 16.6 Å². The van der Waals surface area contributed by atoms with Crippen LogP contribution in [0.2, 0.25) is 15.1 Å². The van der Waals surface area contributed by atoms with Gasteiger partial charge in [-0.1, -0.05) is 34.8 Å². The third kappa shape index (κ3) is 3.40. The maximum Gasteiger partial charge on any atom is 0.311 e. The molecule has 0 aliphatic carbocycles. The molecule has 0 fully saturated rings. The molecule has 25 heavy (non-hydrogen) atoms. The monoisotopic (exact) mass is 416 g/mol. The Labute approximate surface area is 162 Å². The summed E-state index contributed by atoms with van der Waals surface area (Å²) in [7, 11) is 0. The zero-order chi connectivity index (χ0) is 18.1. The molecule has 3 rings (SSSR count). The Morgan fingerprint density at radius 2 is 2.08 bits per heavy atom. The van der Waals surface area contributed by atoms with Gasteiger partial charge in [0.1, 0.15) is 11.4 Å². The number of nitrogens with zero attached hydrogens (tertiary/aromatic N) is 2. The van der Waals surface area contributed by atoms with E-state index in [4.69, 9.17) is 39.5 Å². The molecule has 0 unspecified atom stereocenters. The number of hydrogen-bond acceptors (Lipinski definition) is 5. The van der Waals surface area contributed by atoms with E-state index in [1.54, 1.807) is 29.7 Å². The number of benzene rings is 1. The number of carbonyl (C=O) groups excluding carboxylic acids is 2. The van der Waals surface area contributed by atoms with E-state index in [1.807, 2.05) is 0 Å². The highest BCUT2D eigenvalue weighted by molar-refractivity contribution is 7.17. The Bertz CT molecular complexity index is 981. The minimum Gasteiger partial charge on any atom is -0.466 e. The first-order valence-corrected chi connectivity index (χ1v) is 9.16. The molecule has 2 heterocycles. The Kier molecular flexibility index (Phi) is 5.34. The van der Waals surface area contributed by atoms with Gasteiger partial charge in [0.05, 0.1) is 28.1 Å². The van der Waals surface area contributed by atoms with Gasteiger partial charge in [-0.3, -0.25) is 14.0 Å². The zero-order valence-corrected chi connectivity index (χ0v) is 16.0. The van der Waals surface area contributed by atoms with E-state index in [2.05, 4.69) is 4.98 Å². The highest BCUT2D eigenvalue weighted by atomic mass is 35.5. The van der Waals surface area contributed by atoms with Crippen LogP contribution in [0.3, 0.4) is 0 Å².